The van der Waals surface area contributed by atoms with Crippen LogP contribution in [0.1, 0.15) is 129 Å². The molecule has 0 saturated carbocycles. The fourth-order valence-corrected chi connectivity index (χ4v) is 5.41. The van der Waals surface area contributed by atoms with Crippen LogP contribution in [0.2, 0.25) is 0 Å². The van der Waals surface area contributed by atoms with Crippen molar-refractivity contribution in [1.82, 2.24) is 4.90 Å². The maximum absolute atomic E-state index is 12.9. The van der Waals surface area contributed by atoms with Crippen molar-refractivity contribution in [3.8, 4) is 0 Å². The van der Waals surface area contributed by atoms with Crippen molar-refractivity contribution >= 4 is 11.8 Å². The zero-order valence-electron chi connectivity index (χ0n) is 20.6. The second kappa shape index (κ2) is 15.6. The lowest BCUT2D eigenvalue weighted by Gasteiger charge is -2.23. The van der Waals surface area contributed by atoms with E-state index in [2.05, 4.69) is 26.0 Å². The molecule has 3 heteroatoms. The minimum atomic E-state index is -0.0738. The molecule has 1 aliphatic carbocycles. The van der Waals surface area contributed by atoms with Crippen LogP contribution < -0.4 is 0 Å². The van der Waals surface area contributed by atoms with E-state index >= 15 is 0 Å². The van der Waals surface area contributed by atoms with Gasteiger partial charge in [0.25, 0.3) is 0 Å². The molecule has 3 nitrogen and oxygen atoms in total. The van der Waals surface area contributed by atoms with Gasteiger partial charge in [0, 0.05) is 6.54 Å². The Kier molecular flexibility index (Phi) is 13.2. The van der Waals surface area contributed by atoms with Crippen molar-refractivity contribution in [2.24, 2.45) is 17.8 Å². The Labute approximate surface area is 192 Å². The Morgan fingerprint density at radius 1 is 0.677 bits per heavy atom. The highest BCUT2D eigenvalue weighted by Gasteiger charge is 2.47. The van der Waals surface area contributed by atoms with Crippen LogP contribution in [-0.2, 0) is 9.59 Å². The summed E-state index contributed by atoms with van der Waals surface area (Å²) in [5.41, 5.74) is 0. The summed E-state index contributed by atoms with van der Waals surface area (Å²) >= 11 is 0. The molecule has 0 radical (unpaired) electrons. The molecule has 0 aromatic carbocycles. The van der Waals surface area contributed by atoms with Crippen molar-refractivity contribution < 1.29 is 9.59 Å². The topological polar surface area (TPSA) is 37.4 Å². The molecule has 0 spiro atoms. The van der Waals surface area contributed by atoms with Gasteiger partial charge in [-0.25, -0.2) is 0 Å². The van der Waals surface area contributed by atoms with Crippen molar-refractivity contribution in [2.75, 3.05) is 6.54 Å². The normalized spacial score (nSPS) is 21.7. The number of hydrogen-bond donors (Lipinski definition) is 0. The van der Waals surface area contributed by atoms with Crippen LogP contribution in [-0.4, -0.2) is 23.3 Å². The molecule has 0 aromatic heterocycles. The maximum Gasteiger partial charge on any atom is 0.233 e. The fourth-order valence-electron chi connectivity index (χ4n) is 5.41. The number of unbranched alkanes of at least 4 members (excludes halogenated alkanes) is 12. The summed E-state index contributed by atoms with van der Waals surface area (Å²) < 4.78 is 0. The number of nitrogens with zero attached hydrogens (tertiary/aromatic N) is 1. The summed E-state index contributed by atoms with van der Waals surface area (Å²) in [4.78, 5) is 27.5. The molecule has 31 heavy (non-hydrogen) atoms. The molecule has 3 unspecified atom stereocenters. The van der Waals surface area contributed by atoms with Crippen LogP contribution in [0.5, 0.6) is 0 Å². The van der Waals surface area contributed by atoms with Crippen LogP contribution in [0, 0.1) is 17.8 Å². The van der Waals surface area contributed by atoms with Gasteiger partial charge in [-0.1, -0.05) is 116 Å². The summed E-state index contributed by atoms with van der Waals surface area (Å²) in [7, 11) is 0. The SMILES string of the molecule is CCCCCCCCCCC(CCCCCCCC)CN1C(=O)C2CC=CCC2C1=O. The Bertz CT molecular complexity index is 515. The van der Waals surface area contributed by atoms with Gasteiger partial charge >= 0.3 is 0 Å². The summed E-state index contributed by atoms with van der Waals surface area (Å²) in [6.07, 6.45) is 26.6. The number of likely N-dealkylation sites (tertiary alicyclic amines) is 1. The van der Waals surface area contributed by atoms with Crippen LogP contribution in [0.4, 0.5) is 0 Å². The van der Waals surface area contributed by atoms with E-state index in [1.54, 1.807) is 4.90 Å². The van der Waals surface area contributed by atoms with Crippen LogP contribution in [0.25, 0.3) is 0 Å². The van der Waals surface area contributed by atoms with Gasteiger partial charge in [-0.3, -0.25) is 14.5 Å². The van der Waals surface area contributed by atoms with Gasteiger partial charge in [-0.2, -0.15) is 0 Å². The number of hydrogen-bond acceptors (Lipinski definition) is 2. The average Bonchev–Trinajstić information content (AvgIpc) is 3.02. The zero-order valence-corrected chi connectivity index (χ0v) is 20.6. The number of carbonyl (C=O) groups is 2. The molecule has 2 rings (SSSR count). The van der Waals surface area contributed by atoms with E-state index in [-0.39, 0.29) is 23.7 Å². The second-order valence-electron chi connectivity index (χ2n) is 10.1. The number of imide groups is 1. The van der Waals surface area contributed by atoms with Gasteiger partial charge in [0.05, 0.1) is 11.8 Å². The van der Waals surface area contributed by atoms with Gasteiger partial charge in [-0.15, -0.1) is 0 Å². The molecule has 2 aliphatic rings. The smallest absolute Gasteiger partial charge is 0.233 e. The van der Waals surface area contributed by atoms with E-state index in [9.17, 15) is 9.59 Å². The van der Waals surface area contributed by atoms with E-state index in [4.69, 9.17) is 0 Å². The summed E-state index contributed by atoms with van der Waals surface area (Å²) in [5.74, 6) is 0.573. The Morgan fingerprint density at radius 3 is 1.48 bits per heavy atom. The molecule has 1 heterocycles. The fraction of sp³-hybridized carbons (Fsp3) is 0.857. The minimum Gasteiger partial charge on any atom is -0.282 e. The standard InChI is InChI=1S/C28H49NO2/c1-3-5-7-9-11-12-14-16-20-24(19-15-13-10-8-6-4-2)23-29-27(30)25-21-17-18-22-26(25)28(29)31/h17-18,24-26H,3-16,19-23H2,1-2H3. The largest absolute Gasteiger partial charge is 0.282 e. The molecule has 1 fully saturated rings. The molecule has 1 saturated heterocycles. The molecule has 3 atom stereocenters. The van der Waals surface area contributed by atoms with Crippen molar-refractivity contribution in [3.63, 3.8) is 0 Å². The number of carbonyl (C=O) groups excluding carboxylic acids is 2. The molecular formula is C28H49NO2. The number of rotatable bonds is 18. The lowest BCUT2D eigenvalue weighted by molar-refractivity contribution is -0.140. The first-order valence-electron chi connectivity index (χ1n) is 13.7. The molecule has 178 valence electrons. The third kappa shape index (κ3) is 9.10. The average molecular weight is 432 g/mol. The Balaban J connectivity index is 1.76. The Hall–Kier alpha value is -1.12. The quantitative estimate of drug-likeness (QED) is 0.126. The van der Waals surface area contributed by atoms with Crippen molar-refractivity contribution in [1.29, 1.82) is 0 Å². The van der Waals surface area contributed by atoms with Gasteiger partial charge < -0.3 is 0 Å². The maximum atomic E-state index is 12.9. The van der Waals surface area contributed by atoms with Gasteiger partial charge in [0.2, 0.25) is 11.8 Å². The van der Waals surface area contributed by atoms with E-state index < -0.39 is 0 Å². The van der Waals surface area contributed by atoms with Crippen LogP contribution in [0.15, 0.2) is 12.2 Å². The Morgan fingerprint density at radius 2 is 1.06 bits per heavy atom. The summed E-state index contributed by atoms with van der Waals surface area (Å²) in [6, 6.07) is 0. The predicted molar refractivity (Wildman–Crippen MR) is 131 cm³/mol. The van der Waals surface area contributed by atoms with Crippen LogP contribution >= 0.6 is 0 Å². The molecular weight excluding hydrogens is 382 g/mol. The summed E-state index contributed by atoms with van der Waals surface area (Å²) in [5, 5.41) is 0. The molecule has 0 N–H and O–H groups in total. The lowest BCUT2D eigenvalue weighted by Crippen LogP contribution is -2.35. The van der Waals surface area contributed by atoms with E-state index in [0.717, 1.165) is 12.8 Å². The first-order chi connectivity index (χ1) is 15.2. The number of amides is 2. The highest BCUT2D eigenvalue weighted by atomic mass is 16.2. The predicted octanol–water partition coefficient (Wildman–Crippen LogP) is 7.84. The molecule has 0 bridgehead atoms. The zero-order chi connectivity index (χ0) is 22.3. The minimum absolute atomic E-state index is 0.0738. The highest BCUT2D eigenvalue weighted by Crippen LogP contribution is 2.36. The first-order valence-corrected chi connectivity index (χ1v) is 13.7. The van der Waals surface area contributed by atoms with Gasteiger partial charge in [0.15, 0.2) is 0 Å². The number of fused-ring (bicyclic) bond motifs is 1. The van der Waals surface area contributed by atoms with Gasteiger partial charge in [-0.05, 0) is 31.6 Å². The molecule has 1 aliphatic heterocycles. The molecule has 0 aromatic rings. The summed E-state index contributed by atoms with van der Waals surface area (Å²) in [6.45, 7) is 5.21. The highest BCUT2D eigenvalue weighted by molar-refractivity contribution is 6.05. The third-order valence-corrected chi connectivity index (χ3v) is 7.47. The van der Waals surface area contributed by atoms with Gasteiger partial charge in [0.1, 0.15) is 0 Å². The third-order valence-electron chi connectivity index (χ3n) is 7.47. The number of allylic oxidation sites excluding steroid dienone is 2. The lowest BCUT2D eigenvalue weighted by atomic mass is 9.85. The second-order valence-corrected chi connectivity index (χ2v) is 10.1. The monoisotopic (exact) mass is 431 g/mol. The first kappa shape index (κ1) is 26.1. The van der Waals surface area contributed by atoms with E-state index in [1.807, 2.05) is 0 Å². The van der Waals surface area contributed by atoms with Crippen LogP contribution in [0.3, 0.4) is 0 Å². The van der Waals surface area contributed by atoms with Crippen molar-refractivity contribution in [3.05, 3.63) is 12.2 Å². The molecule has 2 amide bonds. The van der Waals surface area contributed by atoms with E-state index in [0.29, 0.717) is 12.5 Å². The van der Waals surface area contributed by atoms with E-state index in [1.165, 1.54) is 103 Å². The van der Waals surface area contributed by atoms with Crippen molar-refractivity contribution in [2.45, 2.75) is 129 Å².